The van der Waals surface area contributed by atoms with Crippen molar-refractivity contribution in [3.05, 3.63) is 96.1 Å². The quantitative estimate of drug-likeness (QED) is 0.462. The molecule has 0 heterocycles. The molecule has 0 aliphatic heterocycles. The molecule has 0 aliphatic carbocycles. The number of hydrogen-bond donors (Lipinski definition) is 0. The van der Waals surface area contributed by atoms with Crippen molar-refractivity contribution in [2.24, 2.45) is 0 Å². The van der Waals surface area contributed by atoms with E-state index >= 15 is 0 Å². The number of nitrogens with zero attached hydrogens (tertiary/aromatic N) is 1. The van der Waals surface area contributed by atoms with Crippen LogP contribution in [0.2, 0.25) is 0 Å². The number of allylic oxidation sites excluding steroid dienone is 3. The number of benzene rings is 3. The smallest absolute Gasteiger partial charge is 0.0998 e. The van der Waals surface area contributed by atoms with Gasteiger partial charge in [-0.1, -0.05) is 84.9 Å². The van der Waals surface area contributed by atoms with Crippen LogP contribution >= 0.6 is 0 Å². The van der Waals surface area contributed by atoms with Crippen LogP contribution in [-0.4, -0.2) is 0 Å². The van der Waals surface area contributed by atoms with Crippen molar-refractivity contribution in [2.75, 3.05) is 0 Å². The molecule has 3 rings (SSSR count). The number of rotatable bonds is 3. The molecule has 0 saturated carbocycles. The second-order valence-corrected chi connectivity index (χ2v) is 4.99. The summed E-state index contributed by atoms with van der Waals surface area (Å²) in [5.41, 5.74) is 2.76. The Bertz CT molecular complexity index is 875. The summed E-state index contributed by atoms with van der Waals surface area (Å²) in [7, 11) is 0. The lowest BCUT2D eigenvalue weighted by atomic mass is 9.98. The molecule has 3 aromatic rings. The van der Waals surface area contributed by atoms with Crippen LogP contribution in [0.1, 0.15) is 11.1 Å². The minimum absolute atomic E-state index is 0.670. The molecule has 0 atom stereocenters. The Kier molecular flexibility index (Phi) is 4.13. The second-order valence-electron chi connectivity index (χ2n) is 4.99. The van der Waals surface area contributed by atoms with Crippen molar-refractivity contribution >= 4 is 22.4 Å². The maximum Gasteiger partial charge on any atom is 0.0998 e. The van der Waals surface area contributed by atoms with Gasteiger partial charge in [0.1, 0.15) is 0 Å². The fraction of sp³-hybridized carbons (Fsp3) is 0. The lowest BCUT2D eigenvalue weighted by molar-refractivity contribution is 1.53. The summed E-state index contributed by atoms with van der Waals surface area (Å²) in [6.45, 7) is 0. The molecular weight excluding hydrogens is 266 g/mol. The first kappa shape index (κ1) is 13.9. The van der Waals surface area contributed by atoms with Crippen LogP contribution < -0.4 is 0 Å². The fourth-order valence-corrected chi connectivity index (χ4v) is 2.47. The zero-order valence-electron chi connectivity index (χ0n) is 12.1. The Balaban J connectivity index is 1.98. The third-order valence-corrected chi connectivity index (χ3v) is 3.55. The lowest BCUT2D eigenvalue weighted by Crippen LogP contribution is -1.84. The van der Waals surface area contributed by atoms with E-state index < -0.39 is 0 Å². The molecule has 0 aromatic heterocycles. The molecule has 0 amide bonds. The second kappa shape index (κ2) is 6.56. The van der Waals surface area contributed by atoms with E-state index in [2.05, 4.69) is 24.3 Å². The maximum absolute atomic E-state index is 9.48. The van der Waals surface area contributed by atoms with Crippen LogP contribution in [-0.2, 0) is 0 Å². The molecule has 0 bridgehead atoms. The van der Waals surface area contributed by atoms with Gasteiger partial charge in [-0.2, -0.15) is 5.26 Å². The van der Waals surface area contributed by atoms with Crippen LogP contribution in [0.25, 0.3) is 22.4 Å². The summed E-state index contributed by atoms with van der Waals surface area (Å²) >= 11 is 0. The number of nitriles is 1. The summed E-state index contributed by atoms with van der Waals surface area (Å²) < 4.78 is 0. The van der Waals surface area contributed by atoms with Gasteiger partial charge in [0.2, 0.25) is 0 Å². The molecule has 1 nitrogen and oxygen atoms in total. The minimum atomic E-state index is 0.670. The van der Waals surface area contributed by atoms with Crippen molar-refractivity contribution in [3.8, 4) is 6.07 Å². The highest BCUT2D eigenvalue weighted by atomic mass is 14.2. The molecule has 3 aromatic carbocycles. The fourth-order valence-electron chi connectivity index (χ4n) is 2.47. The molecule has 1 heteroatoms. The van der Waals surface area contributed by atoms with Gasteiger partial charge >= 0.3 is 0 Å². The highest BCUT2D eigenvalue weighted by Gasteiger charge is 2.04. The molecule has 0 saturated heterocycles. The average molecular weight is 281 g/mol. The Morgan fingerprint density at radius 2 is 1.55 bits per heavy atom. The summed E-state index contributed by atoms with van der Waals surface area (Å²) in [6, 6.07) is 26.5. The molecule has 0 spiro atoms. The van der Waals surface area contributed by atoms with Gasteiger partial charge in [-0.25, -0.2) is 0 Å². The van der Waals surface area contributed by atoms with Crippen LogP contribution in [0.3, 0.4) is 0 Å². The van der Waals surface area contributed by atoms with Crippen LogP contribution in [0.4, 0.5) is 0 Å². The van der Waals surface area contributed by atoms with Crippen LogP contribution in [0.15, 0.2) is 84.9 Å². The molecule has 0 N–H and O–H groups in total. The Morgan fingerprint density at radius 1 is 0.818 bits per heavy atom. The van der Waals surface area contributed by atoms with Crippen LogP contribution in [0.5, 0.6) is 0 Å². The Hall–Kier alpha value is -3.11. The highest BCUT2D eigenvalue weighted by molar-refractivity contribution is 5.97. The van der Waals surface area contributed by atoms with Gasteiger partial charge < -0.3 is 0 Å². The van der Waals surface area contributed by atoms with Gasteiger partial charge in [-0.15, -0.1) is 0 Å². The van der Waals surface area contributed by atoms with Gasteiger partial charge in [-0.3, -0.25) is 0 Å². The van der Waals surface area contributed by atoms with Gasteiger partial charge in [0.25, 0.3) is 0 Å². The molecule has 22 heavy (non-hydrogen) atoms. The predicted octanol–water partition coefficient (Wildman–Crippen LogP) is 5.46. The first-order valence-corrected chi connectivity index (χ1v) is 7.20. The van der Waals surface area contributed by atoms with Gasteiger partial charge in [0.15, 0.2) is 0 Å². The van der Waals surface area contributed by atoms with E-state index in [0.29, 0.717) is 5.57 Å². The van der Waals surface area contributed by atoms with Crippen molar-refractivity contribution in [2.45, 2.75) is 0 Å². The topological polar surface area (TPSA) is 23.8 Å². The molecule has 0 unspecified atom stereocenters. The van der Waals surface area contributed by atoms with Crippen LogP contribution in [0, 0.1) is 11.3 Å². The van der Waals surface area contributed by atoms with E-state index in [0.717, 1.165) is 21.9 Å². The molecule has 104 valence electrons. The zero-order valence-corrected chi connectivity index (χ0v) is 12.1. The summed E-state index contributed by atoms with van der Waals surface area (Å²) in [5.74, 6) is 0. The monoisotopic (exact) mass is 281 g/mol. The van der Waals surface area contributed by atoms with Crippen molar-refractivity contribution < 1.29 is 0 Å². The third kappa shape index (κ3) is 2.97. The normalized spacial score (nSPS) is 11.7. The first-order chi connectivity index (χ1) is 10.9. The molecular formula is C21H15N. The van der Waals surface area contributed by atoms with Crippen molar-refractivity contribution in [1.82, 2.24) is 0 Å². The van der Waals surface area contributed by atoms with Gasteiger partial charge in [0, 0.05) is 5.56 Å². The summed E-state index contributed by atoms with van der Waals surface area (Å²) in [5, 5.41) is 11.7. The standard InChI is InChI=1S/C21H15N/c22-16-19(13-6-10-17-8-2-1-3-9-17)21-15-7-12-18-11-4-5-14-20(18)21/h1-15H/b10-6-,19-13-. The third-order valence-electron chi connectivity index (χ3n) is 3.55. The van der Waals surface area contributed by atoms with E-state index in [4.69, 9.17) is 0 Å². The van der Waals surface area contributed by atoms with Crippen molar-refractivity contribution in [3.63, 3.8) is 0 Å². The van der Waals surface area contributed by atoms with E-state index in [1.54, 1.807) is 0 Å². The largest absolute Gasteiger partial charge is 0.192 e. The summed E-state index contributed by atoms with van der Waals surface area (Å²) in [6.07, 6.45) is 5.80. The maximum atomic E-state index is 9.48. The number of hydrogen-bond acceptors (Lipinski definition) is 1. The average Bonchev–Trinajstić information content (AvgIpc) is 2.59. The molecule has 0 radical (unpaired) electrons. The van der Waals surface area contributed by atoms with Crippen molar-refractivity contribution in [1.29, 1.82) is 5.26 Å². The SMILES string of the molecule is N#C/C(=C/C=C\c1ccccc1)c1cccc2ccccc12. The van der Waals surface area contributed by atoms with Gasteiger partial charge in [0.05, 0.1) is 11.6 Å². The Morgan fingerprint density at radius 3 is 2.36 bits per heavy atom. The van der Waals surface area contributed by atoms with E-state index in [1.807, 2.05) is 72.8 Å². The van der Waals surface area contributed by atoms with Gasteiger partial charge in [-0.05, 0) is 22.4 Å². The zero-order chi connectivity index (χ0) is 15.2. The number of fused-ring (bicyclic) bond motifs is 1. The Labute approximate surface area is 130 Å². The summed E-state index contributed by atoms with van der Waals surface area (Å²) in [4.78, 5) is 0. The van der Waals surface area contributed by atoms with E-state index in [-0.39, 0.29) is 0 Å². The highest BCUT2D eigenvalue weighted by Crippen LogP contribution is 2.24. The predicted molar refractivity (Wildman–Crippen MR) is 93.0 cm³/mol. The lowest BCUT2D eigenvalue weighted by Gasteiger charge is -2.04. The van der Waals surface area contributed by atoms with E-state index in [1.165, 1.54) is 0 Å². The minimum Gasteiger partial charge on any atom is -0.192 e. The van der Waals surface area contributed by atoms with E-state index in [9.17, 15) is 5.26 Å². The molecule has 0 fully saturated rings. The first-order valence-electron chi connectivity index (χ1n) is 7.20. The molecule has 0 aliphatic rings.